The average molecular weight is 370 g/mol. The normalized spacial score (nSPS) is 13.0. The summed E-state index contributed by atoms with van der Waals surface area (Å²) in [4.78, 5) is 16.3. The molecule has 2 rings (SSSR count). The molecule has 0 aliphatic carbocycles. The first-order valence-electron chi connectivity index (χ1n) is 8.21. The number of thioether (sulfide) groups is 1. The van der Waals surface area contributed by atoms with Gasteiger partial charge in [0.2, 0.25) is 5.91 Å². The van der Waals surface area contributed by atoms with Crippen LogP contribution >= 0.6 is 11.8 Å². The largest absolute Gasteiger partial charge is 0.337 e. The van der Waals surface area contributed by atoms with Gasteiger partial charge in [-0.05, 0) is 25.0 Å². The molecule has 0 aliphatic heterocycles. The molecule has 1 unspecified atom stereocenters. The molecule has 2 aromatic rings. The third-order valence-corrected chi connectivity index (χ3v) is 5.05. The van der Waals surface area contributed by atoms with Gasteiger partial charge in [0.05, 0.1) is 11.8 Å². The van der Waals surface area contributed by atoms with Gasteiger partial charge in [-0.15, -0.1) is 16.8 Å². The van der Waals surface area contributed by atoms with Gasteiger partial charge < -0.3 is 5.32 Å². The van der Waals surface area contributed by atoms with Crippen molar-refractivity contribution in [2.45, 2.75) is 38.0 Å². The molecule has 2 heterocycles. The minimum Gasteiger partial charge on any atom is -0.337 e. The Kier molecular flexibility index (Phi) is 6.52. The molecule has 0 radical (unpaired) electrons. The van der Waals surface area contributed by atoms with Crippen LogP contribution in [0.4, 0.5) is 0 Å². The van der Waals surface area contributed by atoms with E-state index in [0.29, 0.717) is 17.5 Å². The van der Waals surface area contributed by atoms with E-state index in [-0.39, 0.29) is 17.6 Å². The minimum atomic E-state index is -0.894. The van der Waals surface area contributed by atoms with Crippen LogP contribution in [0.2, 0.25) is 0 Å². The molecular formula is C18H22N6OS. The van der Waals surface area contributed by atoms with Crippen molar-refractivity contribution >= 4 is 17.7 Å². The molecule has 0 spiro atoms. The van der Waals surface area contributed by atoms with Crippen molar-refractivity contribution in [1.29, 1.82) is 5.26 Å². The molecule has 7 nitrogen and oxygen atoms in total. The number of rotatable bonds is 8. The zero-order valence-corrected chi connectivity index (χ0v) is 16.0. The van der Waals surface area contributed by atoms with Crippen LogP contribution in [-0.2, 0) is 11.3 Å². The number of amides is 1. The van der Waals surface area contributed by atoms with Crippen molar-refractivity contribution in [2.75, 3.05) is 5.75 Å². The van der Waals surface area contributed by atoms with E-state index < -0.39 is 5.54 Å². The van der Waals surface area contributed by atoms with Crippen LogP contribution in [0.15, 0.2) is 42.3 Å². The molecule has 1 N–H and O–H groups in total. The Balaban J connectivity index is 2.13. The predicted molar refractivity (Wildman–Crippen MR) is 101 cm³/mol. The molecule has 1 amide bonds. The Labute approximate surface area is 157 Å². The van der Waals surface area contributed by atoms with E-state index in [0.717, 1.165) is 5.56 Å². The highest BCUT2D eigenvalue weighted by molar-refractivity contribution is 7.99. The maximum Gasteiger partial charge on any atom is 0.231 e. The average Bonchev–Trinajstić information content (AvgIpc) is 3.03. The topological polar surface area (TPSA) is 96.5 Å². The maximum absolute atomic E-state index is 12.3. The van der Waals surface area contributed by atoms with Gasteiger partial charge in [-0.2, -0.15) is 5.26 Å². The number of allylic oxidation sites excluding steroid dienone is 1. The van der Waals surface area contributed by atoms with Crippen molar-refractivity contribution in [1.82, 2.24) is 25.1 Å². The lowest BCUT2D eigenvalue weighted by Gasteiger charge is -2.27. The van der Waals surface area contributed by atoms with Crippen LogP contribution in [0.5, 0.6) is 0 Å². The second kappa shape index (κ2) is 8.63. The fourth-order valence-electron chi connectivity index (χ4n) is 2.16. The molecule has 0 fully saturated rings. The fraction of sp³-hybridized carbons (Fsp3) is 0.389. The van der Waals surface area contributed by atoms with Crippen LogP contribution in [0.25, 0.3) is 11.4 Å². The lowest BCUT2D eigenvalue weighted by molar-refractivity contribution is -0.120. The number of nitriles is 1. The Hall–Kier alpha value is -2.66. The number of nitrogens with zero attached hydrogens (tertiary/aromatic N) is 5. The summed E-state index contributed by atoms with van der Waals surface area (Å²) < 4.78 is 1.90. The number of carbonyl (C=O) groups is 1. The molecule has 0 aromatic carbocycles. The zero-order chi connectivity index (χ0) is 19.2. The van der Waals surface area contributed by atoms with Crippen molar-refractivity contribution in [3.8, 4) is 17.5 Å². The molecule has 0 bridgehead atoms. The van der Waals surface area contributed by atoms with Crippen molar-refractivity contribution in [3.05, 3.63) is 37.2 Å². The first kappa shape index (κ1) is 19.7. The van der Waals surface area contributed by atoms with E-state index in [9.17, 15) is 10.1 Å². The molecule has 26 heavy (non-hydrogen) atoms. The molecule has 0 saturated carbocycles. The van der Waals surface area contributed by atoms with Gasteiger partial charge >= 0.3 is 0 Å². The molecule has 2 aromatic heterocycles. The number of hydrogen-bond acceptors (Lipinski definition) is 6. The van der Waals surface area contributed by atoms with Crippen LogP contribution < -0.4 is 5.32 Å². The van der Waals surface area contributed by atoms with Crippen molar-refractivity contribution in [2.24, 2.45) is 5.92 Å². The van der Waals surface area contributed by atoms with E-state index in [1.54, 1.807) is 25.4 Å². The van der Waals surface area contributed by atoms with E-state index in [2.05, 4.69) is 33.1 Å². The van der Waals surface area contributed by atoms with Gasteiger partial charge in [-0.25, -0.2) is 0 Å². The number of aromatic nitrogens is 4. The van der Waals surface area contributed by atoms with E-state index in [1.807, 2.05) is 30.5 Å². The van der Waals surface area contributed by atoms with E-state index in [4.69, 9.17) is 0 Å². The number of pyridine rings is 1. The van der Waals surface area contributed by atoms with Crippen LogP contribution in [0.3, 0.4) is 0 Å². The highest BCUT2D eigenvalue weighted by atomic mass is 32.2. The molecule has 8 heteroatoms. The Bertz CT molecular complexity index is 811. The lowest BCUT2D eigenvalue weighted by atomic mass is 9.90. The SMILES string of the molecule is C=CCn1c(SCC(=O)NC(C)(C#N)C(C)C)nnc1-c1ccncc1. The summed E-state index contributed by atoms with van der Waals surface area (Å²) in [5.74, 6) is 0.630. The summed E-state index contributed by atoms with van der Waals surface area (Å²) in [6.07, 6.45) is 5.14. The summed E-state index contributed by atoms with van der Waals surface area (Å²) in [6, 6.07) is 5.88. The number of carbonyl (C=O) groups excluding carboxylic acids is 1. The van der Waals surface area contributed by atoms with E-state index in [1.165, 1.54) is 11.8 Å². The molecule has 0 saturated heterocycles. The molecule has 1 atom stereocenters. The summed E-state index contributed by atoms with van der Waals surface area (Å²) in [5, 5.41) is 21.2. The third kappa shape index (κ3) is 4.49. The van der Waals surface area contributed by atoms with Crippen LogP contribution in [0.1, 0.15) is 20.8 Å². The molecule has 136 valence electrons. The molecular weight excluding hydrogens is 348 g/mol. The molecule has 0 aliphatic rings. The highest BCUT2D eigenvalue weighted by Gasteiger charge is 2.30. The number of hydrogen-bond donors (Lipinski definition) is 1. The van der Waals surface area contributed by atoms with Crippen molar-refractivity contribution < 1.29 is 4.79 Å². The Morgan fingerprint density at radius 2 is 2.15 bits per heavy atom. The van der Waals surface area contributed by atoms with Gasteiger partial charge in [-0.3, -0.25) is 14.3 Å². The van der Waals surface area contributed by atoms with Gasteiger partial charge in [0.15, 0.2) is 11.0 Å². The standard InChI is InChI=1S/C18H22N6OS/c1-5-10-24-16(14-6-8-20-9-7-14)22-23-17(24)26-11-15(25)21-18(4,12-19)13(2)3/h5-9,13H,1,10-11H2,2-4H3,(H,21,25). The third-order valence-electron chi connectivity index (χ3n) is 4.09. The summed E-state index contributed by atoms with van der Waals surface area (Å²) in [6.45, 7) is 9.82. The number of nitrogens with one attached hydrogen (secondary N) is 1. The van der Waals surface area contributed by atoms with Gasteiger partial charge in [0, 0.05) is 24.5 Å². The minimum absolute atomic E-state index is 0.00385. The summed E-state index contributed by atoms with van der Waals surface area (Å²) in [5.41, 5.74) is -0.00300. The van der Waals surface area contributed by atoms with Crippen LogP contribution in [-0.4, -0.2) is 36.9 Å². The van der Waals surface area contributed by atoms with Crippen LogP contribution in [0, 0.1) is 17.2 Å². The first-order valence-corrected chi connectivity index (χ1v) is 9.19. The smallest absolute Gasteiger partial charge is 0.231 e. The fourth-order valence-corrected chi connectivity index (χ4v) is 2.91. The van der Waals surface area contributed by atoms with Gasteiger partial charge in [0.1, 0.15) is 5.54 Å². The summed E-state index contributed by atoms with van der Waals surface area (Å²) in [7, 11) is 0. The monoisotopic (exact) mass is 370 g/mol. The highest BCUT2D eigenvalue weighted by Crippen LogP contribution is 2.24. The second-order valence-corrected chi connectivity index (χ2v) is 7.19. The van der Waals surface area contributed by atoms with Crippen molar-refractivity contribution in [3.63, 3.8) is 0 Å². The van der Waals surface area contributed by atoms with Gasteiger partial charge in [-0.1, -0.05) is 31.7 Å². The lowest BCUT2D eigenvalue weighted by Crippen LogP contribution is -2.49. The second-order valence-electron chi connectivity index (χ2n) is 6.25. The van der Waals surface area contributed by atoms with E-state index >= 15 is 0 Å². The zero-order valence-electron chi connectivity index (χ0n) is 15.1. The summed E-state index contributed by atoms with van der Waals surface area (Å²) >= 11 is 1.28. The Morgan fingerprint density at radius 3 is 2.73 bits per heavy atom. The quantitative estimate of drug-likeness (QED) is 0.567. The Morgan fingerprint density at radius 1 is 1.46 bits per heavy atom. The maximum atomic E-state index is 12.3. The first-order chi connectivity index (χ1) is 12.4. The predicted octanol–water partition coefficient (Wildman–Crippen LogP) is 2.67. The van der Waals surface area contributed by atoms with Gasteiger partial charge in [0.25, 0.3) is 0 Å².